The van der Waals surface area contributed by atoms with Crippen molar-refractivity contribution in [2.24, 2.45) is 0 Å². The van der Waals surface area contributed by atoms with E-state index >= 15 is 0 Å². The standard InChI is InChI=1S/C26H19NO3S/c28-26(29)18-9-11-24-22(15-18)21(20-7-3-1-6-19(20)16-30-24)13-14-31-25-12-10-17-5-2-4-8-23(17)27-25/h1-13,15H,14,16H2,(H,28,29). The number of nitrogens with zero attached hydrogens (tertiary/aromatic N) is 1. The minimum atomic E-state index is -0.950. The van der Waals surface area contributed by atoms with E-state index in [1.165, 1.54) is 0 Å². The van der Waals surface area contributed by atoms with Gasteiger partial charge in [-0.25, -0.2) is 9.78 Å². The molecule has 0 saturated heterocycles. The van der Waals surface area contributed by atoms with Crippen LogP contribution in [0.5, 0.6) is 5.75 Å². The largest absolute Gasteiger partial charge is 0.488 e. The Hall–Kier alpha value is -3.57. The monoisotopic (exact) mass is 425 g/mol. The molecule has 5 rings (SSSR count). The molecule has 2 heterocycles. The van der Waals surface area contributed by atoms with Gasteiger partial charge in [-0.3, -0.25) is 0 Å². The molecule has 0 fully saturated rings. The highest BCUT2D eigenvalue weighted by Gasteiger charge is 2.20. The van der Waals surface area contributed by atoms with Crippen molar-refractivity contribution in [1.29, 1.82) is 0 Å². The third-order valence-corrected chi connectivity index (χ3v) is 6.16. The van der Waals surface area contributed by atoms with Crippen LogP contribution in [-0.2, 0) is 6.61 Å². The number of fused-ring (bicyclic) bond motifs is 3. The second kappa shape index (κ2) is 8.28. The molecule has 0 radical (unpaired) electrons. The van der Waals surface area contributed by atoms with E-state index in [-0.39, 0.29) is 5.56 Å². The minimum Gasteiger partial charge on any atom is -0.488 e. The third kappa shape index (κ3) is 3.92. The van der Waals surface area contributed by atoms with Crippen molar-refractivity contribution in [2.75, 3.05) is 5.75 Å². The number of pyridine rings is 1. The number of carboxylic acid groups (broad SMARTS) is 1. The Bertz CT molecular complexity index is 1330. The van der Waals surface area contributed by atoms with Crippen molar-refractivity contribution >= 4 is 34.2 Å². The molecule has 0 saturated carbocycles. The number of para-hydroxylation sites is 1. The van der Waals surface area contributed by atoms with Gasteiger partial charge in [0.15, 0.2) is 0 Å². The number of rotatable bonds is 4. The van der Waals surface area contributed by atoms with Gasteiger partial charge in [0.25, 0.3) is 0 Å². The van der Waals surface area contributed by atoms with Crippen LogP contribution in [0.4, 0.5) is 0 Å². The zero-order valence-corrected chi connectivity index (χ0v) is 17.4. The van der Waals surface area contributed by atoms with Gasteiger partial charge in [-0.2, -0.15) is 0 Å². The van der Waals surface area contributed by atoms with Gasteiger partial charge in [0.05, 0.1) is 16.1 Å². The summed E-state index contributed by atoms with van der Waals surface area (Å²) in [7, 11) is 0. The summed E-state index contributed by atoms with van der Waals surface area (Å²) >= 11 is 1.65. The molecule has 0 bridgehead atoms. The van der Waals surface area contributed by atoms with Crippen LogP contribution in [-0.4, -0.2) is 21.8 Å². The van der Waals surface area contributed by atoms with E-state index in [1.54, 1.807) is 30.0 Å². The predicted molar refractivity (Wildman–Crippen MR) is 124 cm³/mol. The topological polar surface area (TPSA) is 59.4 Å². The van der Waals surface area contributed by atoms with E-state index in [4.69, 9.17) is 9.72 Å². The highest BCUT2D eigenvalue weighted by atomic mass is 32.2. The molecule has 5 heteroatoms. The number of benzene rings is 3. The number of carboxylic acids is 1. The van der Waals surface area contributed by atoms with Crippen LogP contribution in [0.25, 0.3) is 16.5 Å². The summed E-state index contributed by atoms with van der Waals surface area (Å²) in [5.74, 6) is 0.446. The summed E-state index contributed by atoms with van der Waals surface area (Å²) in [5, 5.41) is 11.5. The number of aromatic nitrogens is 1. The van der Waals surface area contributed by atoms with E-state index in [0.717, 1.165) is 38.2 Å². The van der Waals surface area contributed by atoms with E-state index < -0.39 is 5.97 Å². The molecule has 31 heavy (non-hydrogen) atoms. The minimum absolute atomic E-state index is 0.247. The van der Waals surface area contributed by atoms with Gasteiger partial charge >= 0.3 is 5.97 Å². The molecule has 0 amide bonds. The highest BCUT2D eigenvalue weighted by Crippen LogP contribution is 2.38. The Morgan fingerprint density at radius 1 is 1.00 bits per heavy atom. The molecule has 152 valence electrons. The van der Waals surface area contributed by atoms with E-state index in [2.05, 4.69) is 24.3 Å². The Kier molecular flexibility index (Phi) is 5.18. The molecular formula is C26H19NO3S. The van der Waals surface area contributed by atoms with Gasteiger partial charge < -0.3 is 9.84 Å². The van der Waals surface area contributed by atoms with Crippen LogP contribution < -0.4 is 4.74 Å². The van der Waals surface area contributed by atoms with Crippen molar-refractivity contribution in [3.8, 4) is 5.75 Å². The maximum atomic E-state index is 11.6. The van der Waals surface area contributed by atoms with Crippen molar-refractivity contribution in [3.05, 3.63) is 107 Å². The summed E-state index contributed by atoms with van der Waals surface area (Å²) in [6.45, 7) is 0.451. The Morgan fingerprint density at radius 2 is 1.84 bits per heavy atom. The van der Waals surface area contributed by atoms with Crippen molar-refractivity contribution in [1.82, 2.24) is 4.98 Å². The van der Waals surface area contributed by atoms with Gasteiger partial charge in [-0.1, -0.05) is 54.6 Å². The van der Waals surface area contributed by atoms with Crippen LogP contribution in [0.3, 0.4) is 0 Å². The molecule has 3 aromatic carbocycles. The third-order valence-electron chi connectivity index (χ3n) is 5.30. The number of hydrogen-bond donors (Lipinski definition) is 1. The lowest BCUT2D eigenvalue weighted by atomic mass is 9.93. The fraction of sp³-hybridized carbons (Fsp3) is 0.0769. The molecule has 4 aromatic rings. The van der Waals surface area contributed by atoms with Crippen LogP contribution in [0, 0.1) is 0 Å². The Morgan fingerprint density at radius 3 is 2.74 bits per heavy atom. The molecule has 1 aliphatic heterocycles. The van der Waals surface area contributed by atoms with Gasteiger partial charge in [0.1, 0.15) is 12.4 Å². The first-order chi connectivity index (χ1) is 15.2. The highest BCUT2D eigenvalue weighted by molar-refractivity contribution is 7.99. The van der Waals surface area contributed by atoms with Gasteiger partial charge in [0, 0.05) is 16.7 Å². The van der Waals surface area contributed by atoms with Gasteiger partial charge in [0.2, 0.25) is 0 Å². The second-order valence-electron chi connectivity index (χ2n) is 7.23. The number of hydrogen-bond acceptors (Lipinski definition) is 4. The molecule has 1 aromatic heterocycles. The smallest absolute Gasteiger partial charge is 0.335 e. The maximum Gasteiger partial charge on any atom is 0.335 e. The lowest BCUT2D eigenvalue weighted by molar-refractivity contribution is 0.0697. The van der Waals surface area contributed by atoms with Crippen LogP contribution >= 0.6 is 11.8 Å². The number of aromatic carboxylic acids is 1. The number of thioether (sulfide) groups is 1. The summed E-state index contributed by atoms with van der Waals surface area (Å²) in [6, 6.07) is 25.3. The fourth-order valence-corrected chi connectivity index (χ4v) is 4.51. The normalized spacial score (nSPS) is 13.9. The molecular weight excluding hydrogens is 406 g/mol. The van der Waals surface area contributed by atoms with E-state index in [0.29, 0.717) is 18.1 Å². The van der Waals surface area contributed by atoms with E-state index in [9.17, 15) is 9.90 Å². The Labute approximate surface area is 184 Å². The quantitative estimate of drug-likeness (QED) is 0.403. The zero-order valence-electron chi connectivity index (χ0n) is 16.6. The molecule has 1 N–H and O–H groups in total. The SMILES string of the molecule is O=C(O)c1ccc2c(c1)C(=CCSc1ccc3ccccc3n1)c1ccccc1CO2. The lowest BCUT2D eigenvalue weighted by Crippen LogP contribution is -1.99. The molecule has 0 aliphatic carbocycles. The average Bonchev–Trinajstić information content (AvgIpc) is 2.96. The number of ether oxygens (including phenoxy) is 1. The summed E-state index contributed by atoms with van der Waals surface area (Å²) in [6.07, 6.45) is 2.14. The van der Waals surface area contributed by atoms with Crippen LogP contribution in [0.2, 0.25) is 0 Å². The zero-order chi connectivity index (χ0) is 21.2. The molecule has 4 nitrogen and oxygen atoms in total. The lowest BCUT2D eigenvalue weighted by Gasteiger charge is -2.11. The summed E-state index contributed by atoms with van der Waals surface area (Å²) in [4.78, 5) is 16.3. The first-order valence-corrected chi connectivity index (χ1v) is 11.0. The Balaban J connectivity index is 1.52. The predicted octanol–water partition coefficient (Wildman–Crippen LogP) is 6.05. The molecule has 0 spiro atoms. The molecule has 1 aliphatic rings. The van der Waals surface area contributed by atoms with Gasteiger partial charge in [-0.05, 0) is 47.0 Å². The van der Waals surface area contributed by atoms with E-state index in [1.807, 2.05) is 42.5 Å². The first-order valence-electron chi connectivity index (χ1n) is 9.96. The first kappa shape index (κ1) is 19.4. The van der Waals surface area contributed by atoms with Crippen molar-refractivity contribution in [2.45, 2.75) is 11.6 Å². The second-order valence-corrected chi connectivity index (χ2v) is 8.27. The summed E-state index contributed by atoms with van der Waals surface area (Å²) in [5.41, 5.74) is 5.16. The molecule has 0 unspecified atom stereocenters. The van der Waals surface area contributed by atoms with Crippen molar-refractivity contribution < 1.29 is 14.6 Å². The maximum absolute atomic E-state index is 11.6. The van der Waals surface area contributed by atoms with Crippen LogP contribution in [0.15, 0.2) is 90.0 Å². The molecule has 0 atom stereocenters. The average molecular weight is 426 g/mol. The fourth-order valence-electron chi connectivity index (χ4n) is 3.77. The number of carbonyl (C=O) groups is 1. The van der Waals surface area contributed by atoms with Crippen molar-refractivity contribution in [3.63, 3.8) is 0 Å². The van der Waals surface area contributed by atoms with Crippen LogP contribution in [0.1, 0.15) is 27.0 Å². The van der Waals surface area contributed by atoms with Gasteiger partial charge in [-0.15, -0.1) is 11.8 Å². The summed E-state index contributed by atoms with van der Waals surface area (Å²) < 4.78 is 6.00.